The van der Waals surface area contributed by atoms with Crippen molar-refractivity contribution in [2.24, 2.45) is 0 Å². The molecule has 4 bridgehead atoms. The van der Waals surface area contributed by atoms with E-state index in [0.29, 0.717) is 23.9 Å². The lowest BCUT2D eigenvalue weighted by Crippen LogP contribution is -2.53. The van der Waals surface area contributed by atoms with E-state index >= 15 is 0 Å². The number of hydrogen-bond donors (Lipinski definition) is 3. The Morgan fingerprint density at radius 3 is 2.92 bits per heavy atom. The molecule has 0 aromatic carbocycles. The molecule has 3 N–H and O–H groups in total. The van der Waals surface area contributed by atoms with Crippen molar-refractivity contribution in [1.82, 2.24) is 20.6 Å². The summed E-state index contributed by atoms with van der Waals surface area (Å²) < 4.78 is 35.0. The van der Waals surface area contributed by atoms with Crippen molar-refractivity contribution in [2.45, 2.75) is 56.3 Å². The summed E-state index contributed by atoms with van der Waals surface area (Å²) >= 11 is 0. The van der Waals surface area contributed by atoms with E-state index < -0.39 is 28.5 Å². The Morgan fingerprint density at radius 1 is 1.40 bits per heavy atom. The van der Waals surface area contributed by atoms with E-state index in [1.54, 1.807) is 0 Å². The molecule has 1 unspecified atom stereocenters. The quantitative estimate of drug-likeness (QED) is 0.568. The van der Waals surface area contributed by atoms with Gasteiger partial charge in [0.1, 0.15) is 6.04 Å². The SMILES string of the molecule is O=C(N[C@@H]1CC2=CCC(C1)N2)[C@H]1CC[C@@H]2CN1C(=O)N2OS(=O)(=O)O. The smallest absolute Gasteiger partial charge is 0.385 e. The van der Waals surface area contributed by atoms with Crippen LogP contribution in [0.2, 0.25) is 0 Å². The summed E-state index contributed by atoms with van der Waals surface area (Å²) in [7, 11) is -4.78. The van der Waals surface area contributed by atoms with E-state index in [0.717, 1.165) is 25.0 Å². The molecule has 138 valence electrons. The number of fused-ring (bicyclic) bond motifs is 4. The first-order chi connectivity index (χ1) is 11.8. The summed E-state index contributed by atoms with van der Waals surface area (Å²) in [5.41, 5.74) is 1.15. The van der Waals surface area contributed by atoms with Crippen LogP contribution in [0.4, 0.5) is 4.79 Å². The second-order valence-electron chi connectivity index (χ2n) is 6.96. The molecule has 0 aromatic rings. The van der Waals surface area contributed by atoms with Gasteiger partial charge in [-0.1, -0.05) is 6.08 Å². The Balaban J connectivity index is 1.41. The number of urea groups is 1. The van der Waals surface area contributed by atoms with E-state index in [1.807, 2.05) is 0 Å². The van der Waals surface area contributed by atoms with Crippen LogP contribution in [0.1, 0.15) is 32.1 Å². The van der Waals surface area contributed by atoms with Gasteiger partial charge in [0.25, 0.3) is 0 Å². The first-order valence-corrected chi connectivity index (χ1v) is 9.69. The number of hydrogen-bond acceptors (Lipinski definition) is 6. The minimum Gasteiger partial charge on any atom is -0.385 e. The van der Waals surface area contributed by atoms with Gasteiger partial charge in [-0.15, -0.1) is 4.28 Å². The van der Waals surface area contributed by atoms with Crippen LogP contribution in [0.15, 0.2) is 11.8 Å². The fourth-order valence-corrected chi connectivity index (χ4v) is 4.55. The lowest BCUT2D eigenvalue weighted by Gasteiger charge is -2.33. The first-order valence-electron chi connectivity index (χ1n) is 8.33. The maximum Gasteiger partial charge on any atom is 0.418 e. The van der Waals surface area contributed by atoms with Crippen LogP contribution in [-0.4, -0.2) is 65.6 Å². The Kier molecular flexibility index (Phi) is 3.89. The van der Waals surface area contributed by atoms with Crippen LogP contribution in [0.5, 0.6) is 0 Å². The minimum atomic E-state index is -4.78. The first kappa shape index (κ1) is 16.6. The summed E-state index contributed by atoms with van der Waals surface area (Å²) in [5, 5.41) is 7.04. The fraction of sp³-hybridized carbons (Fsp3) is 0.714. The van der Waals surface area contributed by atoms with Crippen LogP contribution < -0.4 is 10.6 Å². The monoisotopic (exact) mass is 372 g/mol. The third-order valence-electron chi connectivity index (χ3n) is 5.22. The highest BCUT2D eigenvalue weighted by Crippen LogP contribution is 2.31. The van der Waals surface area contributed by atoms with Gasteiger partial charge in [0.2, 0.25) is 5.91 Å². The molecule has 0 radical (unpaired) electrons. The van der Waals surface area contributed by atoms with Crippen molar-refractivity contribution in [1.29, 1.82) is 0 Å². The Labute approximate surface area is 145 Å². The molecule has 25 heavy (non-hydrogen) atoms. The lowest BCUT2D eigenvalue weighted by molar-refractivity contribution is -0.126. The van der Waals surface area contributed by atoms with Crippen molar-refractivity contribution < 1.29 is 26.8 Å². The van der Waals surface area contributed by atoms with Crippen LogP contribution in [0, 0.1) is 0 Å². The highest BCUT2D eigenvalue weighted by molar-refractivity contribution is 7.80. The largest absolute Gasteiger partial charge is 0.418 e. The molecule has 0 aliphatic carbocycles. The Morgan fingerprint density at radius 2 is 2.20 bits per heavy atom. The molecule has 0 saturated carbocycles. The van der Waals surface area contributed by atoms with Crippen LogP contribution in [0.3, 0.4) is 0 Å². The van der Waals surface area contributed by atoms with E-state index in [2.05, 4.69) is 21.0 Å². The van der Waals surface area contributed by atoms with Crippen molar-refractivity contribution in [3.63, 3.8) is 0 Å². The van der Waals surface area contributed by atoms with Gasteiger partial charge in [-0.05, 0) is 25.7 Å². The maximum atomic E-state index is 12.7. The minimum absolute atomic E-state index is 0.0353. The summed E-state index contributed by atoms with van der Waals surface area (Å²) in [6.45, 7) is 0.201. The van der Waals surface area contributed by atoms with Crippen molar-refractivity contribution >= 4 is 22.3 Å². The molecule has 11 heteroatoms. The molecule has 4 atom stereocenters. The van der Waals surface area contributed by atoms with Gasteiger partial charge in [0, 0.05) is 30.7 Å². The molecule has 4 aliphatic heterocycles. The highest BCUT2D eigenvalue weighted by Gasteiger charge is 2.49. The lowest BCUT2D eigenvalue weighted by atomic mass is 9.97. The average molecular weight is 372 g/mol. The molecule has 4 aliphatic rings. The molecule has 3 saturated heterocycles. The van der Waals surface area contributed by atoms with Crippen molar-refractivity contribution in [3.8, 4) is 0 Å². The van der Waals surface area contributed by atoms with Crippen LogP contribution >= 0.6 is 0 Å². The number of piperidine rings is 2. The predicted molar refractivity (Wildman–Crippen MR) is 84.2 cm³/mol. The highest BCUT2D eigenvalue weighted by atomic mass is 32.3. The molecule has 0 aromatic heterocycles. The van der Waals surface area contributed by atoms with Gasteiger partial charge in [0.15, 0.2) is 0 Å². The number of carbonyl (C=O) groups excluding carboxylic acids is 2. The molecular formula is C14H20N4O6S. The van der Waals surface area contributed by atoms with Gasteiger partial charge in [0.05, 0.1) is 6.04 Å². The molecule has 3 fully saturated rings. The van der Waals surface area contributed by atoms with Crippen molar-refractivity contribution in [3.05, 3.63) is 11.8 Å². The Bertz CT molecular complexity index is 738. The van der Waals surface area contributed by atoms with Gasteiger partial charge < -0.3 is 15.5 Å². The fourth-order valence-electron chi connectivity index (χ4n) is 4.17. The summed E-state index contributed by atoms with van der Waals surface area (Å²) in [5.74, 6) is -0.229. The second-order valence-corrected chi connectivity index (χ2v) is 7.97. The molecule has 3 amide bonds. The number of nitrogens with one attached hydrogen (secondary N) is 2. The predicted octanol–water partition coefficient (Wildman–Crippen LogP) is -0.486. The maximum absolute atomic E-state index is 12.7. The number of nitrogens with zero attached hydrogens (tertiary/aromatic N) is 2. The van der Waals surface area contributed by atoms with Gasteiger partial charge >= 0.3 is 16.4 Å². The van der Waals surface area contributed by atoms with E-state index in [-0.39, 0.29) is 18.5 Å². The van der Waals surface area contributed by atoms with Crippen LogP contribution in [-0.2, 0) is 19.5 Å². The second kappa shape index (κ2) is 5.85. The standard InChI is InChI=1S/C14H20N4O6S/c19-13(16-10-5-8-1-2-9(6-10)15-8)12-4-3-11-7-17(12)14(20)18(11)24-25(21,22)23/h1,9-12,15H,2-7H2,(H,16,19)(H,21,22,23)/t9?,10-,11-,12-/m1/s1. The molecule has 4 rings (SSSR count). The van der Waals surface area contributed by atoms with E-state index in [9.17, 15) is 18.0 Å². The zero-order valence-corrected chi connectivity index (χ0v) is 14.2. The zero-order valence-electron chi connectivity index (χ0n) is 13.4. The third kappa shape index (κ3) is 3.18. The third-order valence-corrected chi connectivity index (χ3v) is 5.57. The summed E-state index contributed by atoms with van der Waals surface area (Å²) in [6, 6.07) is -1.46. The molecule has 10 nitrogen and oxygen atoms in total. The van der Waals surface area contributed by atoms with E-state index in [1.165, 1.54) is 4.90 Å². The van der Waals surface area contributed by atoms with E-state index in [4.69, 9.17) is 4.55 Å². The van der Waals surface area contributed by atoms with Gasteiger partial charge in [-0.3, -0.25) is 9.35 Å². The molecular weight excluding hydrogens is 352 g/mol. The molecule has 0 spiro atoms. The average Bonchev–Trinajstić information content (AvgIpc) is 2.98. The number of carbonyl (C=O) groups is 2. The Hall–Kier alpha value is -1.85. The normalized spacial score (nSPS) is 34.0. The molecule has 4 heterocycles. The van der Waals surface area contributed by atoms with Crippen LogP contribution in [0.25, 0.3) is 0 Å². The van der Waals surface area contributed by atoms with Gasteiger partial charge in [-0.25, -0.2) is 4.79 Å². The number of hydroxylamine groups is 2. The summed E-state index contributed by atoms with van der Waals surface area (Å²) in [6.07, 6.45) is 5.56. The van der Waals surface area contributed by atoms with Crippen molar-refractivity contribution in [2.75, 3.05) is 6.54 Å². The van der Waals surface area contributed by atoms with Gasteiger partial charge in [-0.2, -0.15) is 13.5 Å². The topological polar surface area (TPSA) is 128 Å². The number of rotatable bonds is 4. The zero-order chi connectivity index (χ0) is 17.8. The number of amides is 3. The summed E-state index contributed by atoms with van der Waals surface area (Å²) in [4.78, 5) is 26.3.